The van der Waals surface area contributed by atoms with E-state index in [4.69, 9.17) is 0 Å². The van der Waals surface area contributed by atoms with E-state index in [2.05, 4.69) is 10.1 Å². The summed E-state index contributed by atoms with van der Waals surface area (Å²) in [5.74, 6) is -6.68. The van der Waals surface area contributed by atoms with Crippen molar-refractivity contribution in [2.75, 3.05) is 5.32 Å². The van der Waals surface area contributed by atoms with Gasteiger partial charge in [0, 0.05) is 11.8 Å². The number of halogens is 8. The largest absolute Gasteiger partial charge is 0.455 e. The van der Waals surface area contributed by atoms with Crippen molar-refractivity contribution in [1.29, 1.82) is 0 Å². The van der Waals surface area contributed by atoms with E-state index in [-0.39, 0.29) is 4.68 Å². The monoisotopic (exact) mass is 417 g/mol. The number of carbonyl (C=O) groups is 1. The van der Waals surface area contributed by atoms with Crippen LogP contribution >= 0.6 is 0 Å². The molecule has 0 saturated carbocycles. The van der Waals surface area contributed by atoms with E-state index >= 15 is 0 Å². The topological polar surface area (TPSA) is 81.8 Å². The molecule has 3 rings (SSSR count). The smallest absolute Gasteiger partial charge is 0.294 e. The number of anilines is 1. The Labute approximate surface area is 148 Å². The fourth-order valence-electron chi connectivity index (χ4n) is 2.44. The van der Waals surface area contributed by atoms with Crippen LogP contribution in [0.5, 0.6) is 0 Å². The Kier molecular flexibility index (Phi) is 4.23. The Morgan fingerprint density at radius 2 is 1.71 bits per heavy atom. The van der Waals surface area contributed by atoms with Crippen LogP contribution in [-0.4, -0.2) is 37.3 Å². The van der Waals surface area contributed by atoms with Crippen molar-refractivity contribution in [1.82, 2.24) is 19.3 Å². The van der Waals surface area contributed by atoms with Crippen molar-refractivity contribution < 1.29 is 39.9 Å². The van der Waals surface area contributed by atoms with E-state index in [9.17, 15) is 44.7 Å². The highest BCUT2D eigenvalue weighted by Gasteiger charge is 2.57. The Hall–Kier alpha value is -3.00. The maximum Gasteiger partial charge on any atom is 0.455 e. The molecule has 3 heterocycles. The van der Waals surface area contributed by atoms with E-state index in [1.54, 1.807) is 0 Å². The summed E-state index contributed by atoms with van der Waals surface area (Å²) in [5.41, 5.74) is -4.89. The average Bonchev–Trinajstić information content (AvgIpc) is 3.10. The Morgan fingerprint density at radius 3 is 2.29 bits per heavy atom. The summed E-state index contributed by atoms with van der Waals surface area (Å²) < 4.78 is 104. The Morgan fingerprint density at radius 1 is 1.07 bits per heavy atom. The molecule has 0 bridgehead atoms. The van der Waals surface area contributed by atoms with Crippen LogP contribution in [-0.2, 0) is 24.1 Å². The van der Waals surface area contributed by atoms with Crippen LogP contribution in [0.1, 0.15) is 5.69 Å². The maximum absolute atomic E-state index is 13.3. The van der Waals surface area contributed by atoms with Crippen molar-refractivity contribution in [3.8, 4) is 11.1 Å². The van der Waals surface area contributed by atoms with Gasteiger partial charge in [0.05, 0.1) is 11.8 Å². The molecule has 2 aromatic rings. The lowest BCUT2D eigenvalue weighted by atomic mass is 10.1. The number of rotatable bonds is 3. The molecule has 0 unspecified atom stereocenters. The van der Waals surface area contributed by atoms with Gasteiger partial charge in [0.2, 0.25) is 11.9 Å². The lowest BCUT2D eigenvalue weighted by molar-refractivity contribution is -0.287. The van der Waals surface area contributed by atoms with Crippen molar-refractivity contribution in [3.63, 3.8) is 0 Å². The molecular weight excluding hydrogens is 410 g/mol. The second-order valence-corrected chi connectivity index (χ2v) is 5.73. The first-order valence-corrected chi connectivity index (χ1v) is 7.20. The molecule has 0 atom stereocenters. The number of fused-ring (bicyclic) bond motifs is 1. The highest BCUT2D eigenvalue weighted by atomic mass is 19.4. The number of nitrogens with one attached hydrogen (secondary N) is 1. The van der Waals surface area contributed by atoms with E-state index in [1.165, 1.54) is 0 Å². The molecule has 1 aliphatic heterocycles. The minimum absolute atomic E-state index is 0.0592. The van der Waals surface area contributed by atoms with Crippen LogP contribution in [0.2, 0.25) is 0 Å². The molecule has 0 aliphatic carbocycles. The molecule has 1 aliphatic rings. The fourth-order valence-corrected chi connectivity index (χ4v) is 2.44. The summed E-state index contributed by atoms with van der Waals surface area (Å²) in [6.45, 7) is -2.63. The van der Waals surface area contributed by atoms with Crippen LogP contribution < -0.4 is 10.9 Å². The first-order chi connectivity index (χ1) is 12.7. The zero-order chi connectivity index (χ0) is 21.1. The molecule has 152 valence electrons. The highest BCUT2D eigenvalue weighted by molar-refractivity contribution is 5.92. The maximum atomic E-state index is 13.3. The van der Waals surface area contributed by atoms with Crippen LogP contribution in [0.4, 0.5) is 41.1 Å². The van der Waals surface area contributed by atoms with Gasteiger partial charge in [0.1, 0.15) is 13.1 Å². The summed E-state index contributed by atoms with van der Waals surface area (Å²) >= 11 is 0. The molecule has 2 aromatic heterocycles. The predicted molar refractivity (Wildman–Crippen MR) is 74.4 cm³/mol. The second kappa shape index (κ2) is 6.00. The van der Waals surface area contributed by atoms with E-state index in [1.807, 2.05) is 5.32 Å². The predicted octanol–water partition coefficient (Wildman–Crippen LogP) is 2.28. The van der Waals surface area contributed by atoms with Gasteiger partial charge in [-0.2, -0.15) is 40.2 Å². The van der Waals surface area contributed by atoms with Crippen molar-refractivity contribution >= 4 is 11.9 Å². The molecule has 0 radical (unpaired) electrons. The fraction of sp³-hybridized carbons (Fsp3) is 0.385. The molecule has 0 fully saturated rings. The standard InChI is InChI=1S/C13H7F8N5O2/c14-11(15,13(19,20)21)4-25-2-5(1-22-25)7-8(12(16,17)18)24-10-23-6(27)3-26(10)9(7)28/h1-2H,3-4H2,(H,23,24,27). The van der Waals surface area contributed by atoms with Crippen LogP contribution in [0.3, 0.4) is 0 Å². The molecule has 0 aromatic carbocycles. The van der Waals surface area contributed by atoms with Gasteiger partial charge in [-0.25, -0.2) is 4.98 Å². The third kappa shape index (κ3) is 3.31. The third-order valence-corrected chi connectivity index (χ3v) is 3.69. The molecule has 0 saturated heterocycles. The quantitative estimate of drug-likeness (QED) is 0.778. The van der Waals surface area contributed by atoms with Crippen molar-refractivity contribution in [2.45, 2.75) is 31.4 Å². The van der Waals surface area contributed by atoms with Gasteiger partial charge in [-0.15, -0.1) is 0 Å². The number of hydrogen-bond donors (Lipinski definition) is 1. The summed E-state index contributed by atoms with van der Waals surface area (Å²) in [6.07, 6.45) is -10.1. The molecule has 1 N–H and O–H groups in total. The number of hydrogen-bond acceptors (Lipinski definition) is 4. The molecule has 28 heavy (non-hydrogen) atoms. The van der Waals surface area contributed by atoms with Crippen LogP contribution in [0, 0.1) is 0 Å². The van der Waals surface area contributed by atoms with Gasteiger partial charge in [0.15, 0.2) is 5.69 Å². The lowest BCUT2D eigenvalue weighted by Gasteiger charge is -2.19. The van der Waals surface area contributed by atoms with Gasteiger partial charge >= 0.3 is 18.3 Å². The van der Waals surface area contributed by atoms with Gasteiger partial charge in [-0.1, -0.05) is 0 Å². The third-order valence-electron chi connectivity index (χ3n) is 3.69. The zero-order valence-electron chi connectivity index (χ0n) is 13.2. The van der Waals surface area contributed by atoms with Crippen molar-refractivity contribution in [2.24, 2.45) is 0 Å². The van der Waals surface area contributed by atoms with Gasteiger partial charge in [-0.3, -0.25) is 24.2 Å². The zero-order valence-corrected chi connectivity index (χ0v) is 13.2. The molecule has 15 heteroatoms. The molecule has 0 spiro atoms. The van der Waals surface area contributed by atoms with E-state index in [0.29, 0.717) is 17.0 Å². The summed E-state index contributed by atoms with van der Waals surface area (Å²) in [7, 11) is 0. The second-order valence-electron chi connectivity index (χ2n) is 5.73. The minimum atomic E-state index is -5.91. The molecule has 1 amide bonds. The first kappa shape index (κ1) is 19.8. The summed E-state index contributed by atoms with van der Waals surface area (Å²) in [6, 6.07) is 0. The number of aromatic nitrogens is 4. The average molecular weight is 417 g/mol. The SMILES string of the molecule is O=C1Cn2c(nc(C(F)(F)F)c(-c3cnn(CC(F)(F)C(F)(F)F)c3)c2=O)N1. The lowest BCUT2D eigenvalue weighted by Crippen LogP contribution is -2.40. The van der Waals surface area contributed by atoms with E-state index < -0.39 is 65.6 Å². The van der Waals surface area contributed by atoms with Crippen molar-refractivity contribution in [3.05, 3.63) is 28.4 Å². The molecular formula is C13H7F8N5O2. The Balaban J connectivity index is 2.10. The highest BCUT2D eigenvalue weighted by Crippen LogP contribution is 2.38. The summed E-state index contributed by atoms with van der Waals surface area (Å²) in [5, 5.41) is 5.13. The first-order valence-electron chi connectivity index (χ1n) is 7.20. The minimum Gasteiger partial charge on any atom is -0.294 e. The van der Waals surface area contributed by atoms with Gasteiger partial charge in [-0.05, 0) is 0 Å². The Bertz CT molecular complexity index is 1000. The number of nitrogens with zero attached hydrogens (tertiary/aromatic N) is 4. The van der Waals surface area contributed by atoms with Gasteiger partial charge in [0.25, 0.3) is 5.56 Å². The molecule has 7 nitrogen and oxygen atoms in total. The number of amides is 1. The number of carbonyl (C=O) groups excluding carboxylic acids is 1. The van der Waals surface area contributed by atoms with Crippen LogP contribution in [0.25, 0.3) is 11.1 Å². The number of alkyl halides is 8. The van der Waals surface area contributed by atoms with Crippen LogP contribution in [0.15, 0.2) is 17.2 Å². The summed E-state index contributed by atoms with van der Waals surface area (Å²) in [4.78, 5) is 26.9. The normalized spacial score (nSPS) is 14.9. The van der Waals surface area contributed by atoms with Gasteiger partial charge < -0.3 is 0 Å². The van der Waals surface area contributed by atoms with E-state index in [0.717, 1.165) is 0 Å².